The molecule has 9 nitrogen and oxygen atoms in total. The molecule has 1 fully saturated rings. The van der Waals surface area contributed by atoms with Gasteiger partial charge in [0.15, 0.2) is 4.90 Å². The fourth-order valence-corrected chi connectivity index (χ4v) is 4.08. The summed E-state index contributed by atoms with van der Waals surface area (Å²) in [6.45, 7) is 1.59. The molecule has 0 amide bonds. The Bertz CT molecular complexity index is 969. The van der Waals surface area contributed by atoms with E-state index in [4.69, 9.17) is 4.74 Å². The number of sulfonamides is 1. The molecule has 0 radical (unpaired) electrons. The highest BCUT2D eigenvalue weighted by Gasteiger charge is 2.25. The number of rotatable bonds is 6. The molecule has 28 heavy (non-hydrogen) atoms. The Hall–Kier alpha value is -2.98. The first kappa shape index (κ1) is 19.8. The van der Waals surface area contributed by atoms with Gasteiger partial charge in [0.05, 0.1) is 10.5 Å². The molecule has 0 aliphatic carbocycles. The van der Waals surface area contributed by atoms with Gasteiger partial charge in [0.1, 0.15) is 6.10 Å². The third-order valence-corrected chi connectivity index (χ3v) is 5.71. The molecule has 2 aromatic carbocycles. The van der Waals surface area contributed by atoms with Gasteiger partial charge in [-0.3, -0.25) is 14.8 Å². The third kappa shape index (κ3) is 4.65. The van der Waals surface area contributed by atoms with Crippen LogP contribution < -0.4 is 10.0 Å². The summed E-state index contributed by atoms with van der Waals surface area (Å²) in [5.74, 6) is -0.472. The van der Waals surface area contributed by atoms with Crippen LogP contribution in [0.15, 0.2) is 53.4 Å². The second-order valence-corrected chi connectivity index (χ2v) is 7.91. The van der Waals surface area contributed by atoms with Crippen LogP contribution in [-0.2, 0) is 14.8 Å². The van der Waals surface area contributed by atoms with Crippen molar-refractivity contribution in [3.8, 4) is 0 Å². The van der Waals surface area contributed by atoms with Crippen molar-refractivity contribution in [3.63, 3.8) is 0 Å². The summed E-state index contributed by atoms with van der Waals surface area (Å²) in [5.41, 5.74) is -0.0408. The smallest absolute Gasteiger partial charge is 0.338 e. The van der Waals surface area contributed by atoms with E-state index < -0.39 is 31.5 Å². The van der Waals surface area contributed by atoms with Crippen LogP contribution in [0.1, 0.15) is 23.2 Å². The van der Waals surface area contributed by atoms with Gasteiger partial charge >= 0.3 is 5.97 Å². The summed E-state index contributed by atoms with van der Waals surface area (Å²) in [6, 6.07) is 10.8. The minimum absolute atomic E-state index is 0.134. The second-order valence-electron chi connectivity index (χ2n) is 6.26. The van der Waals surface area contributed by atoms with E-state index in [2.05, 4.69) is 10.0 Å². The fourth-order valence-electron chi connectivity index (χ4n) is 2.85. The zero-order valence-electron chi connectivity index (χ0n) is 14.8. The number of nitro groups is 1. The SMILES string of the molecule is O=C(OC1CCNCC1)c1ccc(NS(=O)(=O)c2ccccc2[N+](=O)[O-])cc1. The number of hydrogen-bond donors (Lipinski definition) is 2. The average Bonchev–Trinajstić information content (AvgIpc) is 2.69. The molecule has 0 unspecified atom stereocenters. The van der Waals surface area contributed by atoms with Crippen LogP contribution in [0.3, 0.4) is 0 Å². The number of piperidine rings is 1. The van der Waals surface area contributed by atoms with Crippen LogP contribution >= 0.6 is 0 Å². The Kier molecular flexibility index (Phi) is 5.90. The van der Waals surface area contributed by atoms with Crippen molar-refractivity contribution in [1.29, 1.82) is 0 Å². The molecule has 1 saturated heterocycles. The van der Waals surface area contributed by atoms with Crippen molar-refractivity contribution in [2.45, 2.75) is 23.8 Å². The molecule has 0 saturated carbocycles. The van der Waals surface area contributed by atoms with Crippen LogP contribution in [0.4, 0.5) is 11.4 Å². The maximum atomic E-state index is 12.5. The quantitative estimate of drug-likeness (QED) is 0.429. The molecule has 2 aromatic rings. The van der Waals surface area contributed by atoms with E-state index in [9.17, 15) is 23.3 Å². The maximum absolute atomic E-state index is 12.5. The fraction of sp³-hybridized carbons (Fsp3) is 0.278. The Morgan fingerprint density at radius 3 is 2.39 bits per heavy atom. The van der Waals surface area contributed by atoms with Crippen molar-refractivity contribution in [3.05, 3.63) is 64.2 Å². The molecular weight excluding hydrogens is 386 g/mol. The van der Waals surface area contributed by atoms with E-state index in [1.165, 1.54) is 36.4 Å². The summed E-state index contributed by atoms with van der Waals surface area (Å²) >= 11 is 0. The molecule has 2 N–H and O–H groups in total. The lowest BCUT2D eigenvalue weighted by Crippen LogP contribution is -2.33. The molecule has 148 valence electrons. The summed E-state index contributed by atoms with van der Waals surface area (Å²) in [4.78, 5) is 22.1. The summed E-state index contributed by atoms with van der Waals surface area (Å²) in [5, 5.41) is 14.2. The van der Waals surface area contributed by atoms with Gasteiger partial charge in [-0.2, -0.15) is 0 Å². The number of carbonyl (C=O) groups is 1. The highest BCUT2D eigenvalue weighted by atomic mass is 32.2. The summed E-state index contributed by atoms with van der Waals surface area (Å²) in [7, 11) is -4.16. The predicted molar refractivity (Wildman–Crippen MR) is 102 cm³/mol. The molecule has 0 atom stereocenters. The average molecular weight is 405 g/mol. The molecule has 1 aliphatic rings. The Balaban J connectivity index is 1.71. The molecule has 10 heteroatoms. The number of ether oxygens (including phenoxy) is 1. The minimum Gasteiger partial charge on any atom is -0.459 e. The number of hydrogen-bond acceptors (Lipinski definition) is 7. The number of nitrogens with one attached hydrogen (secondary N) is 2. The topological polar surface area (TPSA) is 128 Å². The zero-order valence-corrected chi connectivity index (χ0v) is 15.6. The van der Waals surface area contributed by atoms with E-state index >= 15 is 0 Å². The van der Waals surface area contributed by atoms with Gasteiger partial charge in [0.2, 0.25) is 0 Å². The monoisotopic (exact) mass is 405 g/mol. The number of nitrogens with zero attached hydrogens (tertiary/aromatic N) is 1. The van der Waals surface area contributed by atoms with Crippen LogP contribution in [0.2, 0.25) is 0 Å². The van der Waals surface area contributed by atoms with Crippen molar-refractivity contribution < 1.29 is 22.9 Å². The van der Waals surface area contributed by atoms with E-state index in [-0.39, 0.29) is 11.8 Å². The number of benzene rings is 2. The first-order valence-corrected chi connectivity index (χ1v) is 10.1. The van der Waals surface area contributed by atoms with Crippen molar-refractivity contribution in [2.75, 3.05) is 17.8 Å². The molecule has 0 bridgehead atoms. The number of carbonyl (C=O) groups excluding carboxylic acids is 1. The number of para-hydroxylation sites is 1. The third-order valence-electron chi connectivity index (χ3n) is 4.28. The Labute approximate surface area is 161 Å². The molecule has 0 spiro atoms. The number of nitro benzene ring substituents is 1. The van der Waals surface area contributed by atoms with Gasteiger partial charge in [-0.1, -0.05) is 12.1 Å². The maximum Gasteiger partial charge on any atom is 0.338 e. The lowest BCUT2D eigenvalue weighted by Gasteiger charge is -2.22. The number of anilines is 1. The first-order valence-electron chi connectivity index (χ1n) is 8.65. The van der Waals surface area contributed by atoms with Crippen LogP contribution in [0.5, 0.6) is 0 Å². The van der Waals surface area contributed by atoms with E-state index in [1.54, 1.807) is 0 Å². The molecule has 3 rings (SSSR count). The summed E-state index contributed by atoms with van der Waals surface area (Å²) in [6.07, 6.45) is 1.37. The van der Waals surface area contributed by atoms with Crippen LogP contribution in [0.25, 0.3) is 0 Å². The normalized spacial score (nSPS) is 15.0. The van der Waals surface area contributed by atoms with Gasteiger partial charge < -0.3 is 10.1 Å². The van der Waals surface area contributed by atoms with Crippen LogP contribution in [0, 0.1) is 10.1 Å². The van der Waals surface area contributed by atoms with E-state index in [0.717, 1.165) is 38.1 Å². The van der Waals surface area contributed by atoms with Gasteiger partial charge in [0, 0.05) is 11.8 Å². The van der Waals surface area contributed by atoms with Gasteiger partial charge in [-0.25, -0.2) is 13.2 Å². The lowest BCUT2D eigenvalue weighted by molar-refractivity contribution is -0.387. The largest absolute Gasteiger partial charge is 0.459 e. The lowest BCUT2D eigenvalue weighted by atomic mass is 10.1. The van der Waals surface area contributed by atoms with Gasteiger partial charge in [-0.05, 0) is 56.3 Å². The van der Waals surface area contributed by atoms with Crippen molar-refractivity contribution in [1.82, 2.24) is 5.32 Å². The molecule has 0 aromatic heterocycles. The van der Waals surface area contributed by atoms with Crippen LogP contribution in [-0.4, -0.2) is 38.5 Å². The molecular formula is C18H19N3O6S. The van der Waals surface area contributed by atoms with E-state index in [1.807, 2.05) is 0 Å². The van der Waals surface area contributed by atoms with E-state index in [0.29, 0.717) is 5.56 Å². The van der Waals surface area contributed by atoms with Crippen molar-refractivity contribution in [2.24, 2.45) is 0 Å². The first-order chi connectivity index (χ1) is 13.4. The summed E-state index contributed by atoms with van der Waals surface area (Å²) < 4.78 is 32.7. The van der Waals surface area contributed by atoms with Crippen molar-refractivity contribution >= 4 is 27.4 Å². The number of esters is 1. The highest BCUT2D eigenvalue weighted by Crippen LogP contribution is 2.25. The van der Waals surface area contributed by atoms with Gasteiger partial charge in [-0.15, -0.1) is 0 Å². The Morgan fingerprint density at radius 2 is 1.75 bits per heavy atom. The second kappa shape index (κ2) is 8.36. The zero-order chi connectivity index (χ0) is 20.1. The minimum atomic E-state index is -4.16. The molecule has 1 aliphatic heterocycles. The van der Waals surface area contributed by atoms with Gasteiger partial charge in [0.25, 0.3) is 15.7 Å². The predicted octanol–water partition coefficient (Wildman–Crippen LogP) is 2.30. The standard InChI is InChI=1S/C18H19N3O6S/c22-18(27-15-9-11-19-12-10-15)13-5-7-14(8-6-13)20-28(25,26)17-4-2-1-3-16(17)21(23)24/h1-8,15,19-20H,9-12H2. The highest BCUT2D eigenvalue weighted by molar-refractivity contribution is 7.92. The Morgan fingerprint density at radius 1 is 1.11 bits per heavy atom. The molecule has 1 heterocycles.